The second kappa shape index (κ2) is 3.90. The molecule has 1 aliphatic carbocycles. The van der Waals surface area contributed by atoms with Gasteiger partial charge >= 0.3 is 5.97 Å². The van der Waals surface area contributed by atoms with Crippen molar-refractivity contribution in [1.82, 2.24) is 0 Å². The summed E-state index contributed by atoms with van der Waals surface area (Å²) in [5, 5.41) is 8.51. The summed E-state index contributed by atoms with van der Waals surface area (Å²) < 4.78 is 5.14. The van der Waals surface area contributed by atoms with Crippen molar-refractivity contribution in [3.05, 3.63) is 0 Å². The lowest BCUT2D eigenvalue weighted by Crippen LogP contribution is -2.34. The van der Waals surface area contributed by atoms with Gasteiger partial charge in [0.1, 0.15) is 12.2 Å². The highest BCUT2D eigenvalue weighted by atomic mass is 16.6. The molecule has 0 radical (unpaired) electrons. The average molecular weight is 172 g/mol. The van der Waals surface area contributed by atoms with Gasteiger partial charge in [-0.25, -0.2) is 4.79 Å². The number of hydrogen-bond acceptors (Lipinski definition) is 3. The zero-order valence-corrected chi connectivity index (χ0v) is 7.51. The summed E-state index contributed by atoms with van der Waals surface area (Å²) in [6, 6.07) is 0. The van der Waals surface area contributed by atoms with Crippen LogP contribution in [-0.2, 0) is 9.53 Å². The molecule has 0 aromatic carbocycles. The predicted octanol–water partition coefficient (Wildman–Crippen LogP) is 1.24. The number of rotatable bonds is 2. The van der Waals surface area contributed by atoms with Gasteiger partial charge in [0.25, 0.3) is 0 Å². The molecule has 1 saturated carbocycles. The van der Waals surface area contributed by atoms with Gasteiger partial charge in [0.05, 0.1) is 0 Å². The first kappa shape index (κ1) is 9.52. The lowest BCUT2D eigenvalue weighted by atomic mass is 9.86. The smallest absolute Gasteiger partial charge is 0.332 e. The maximum Gasteiger partial charge on any atom is 0.332 e. The quantitative estimate of drug-likeness (QED) is 0.637. The van der Waals surface area contributed by atoms with Gasteiger partial charge in [0, 0.05) is 0 Å². The first-order chi connectivity index (χ1) is 5.66. The van der Waals surface area contributed by atoms with Crippen LogP contribution in [0.25, 0.3) is 0 Å². The van der Waals surface area contributed by atoms with Crippen molar-refractivity contribution >= 4 is 5.97 Å². The molecule has 1 fully saturated rings. The van der Waals surface area contributed by atoms with Gasteiger partial charge in [-0.15, -0.1) is 0 Å². The van der Waals surface area contributed by atoms with Gasteiger partial charge in [-0.05, 0) is 32.6 Å². The van der Waals surface area contributed by atoms with Crippen molar-refractivity contribution in [2.45, 2.75) is 44.6 Å². The van der Waals surface area contributed by atoms with E-state index in [1.54, 1.807) is 0 Å². The first-order valence-electron chi connectivity index (χ1n) is 4.49. The molecule has 0 spiro atoms. The second-order valence-electron chi connectivity index (χ2n) is 3.64. The van der Waals surface area contributed by atoms with E-state index in [1.807, 2.05) is 6.92 Å². The standard InChI is InChI=1S/C9H16O3/c1-9(12-8(11)7-10)5-3-2-4-6-9/h10H,2-7H2,1H3. The third-order valence-corrected chi connectivity index (χ3v) is 2.40. The summed E-state index contributed by atoms with van der Waals surface area (Å²) >= 11 is 0. The Bertz CT molecular complexity index is 159. The van der Waals surface area contributed by atoms with Gasteiger partial charge in [-0.3, -0.25) is 0 Å². The zero-order chi connectivity index (χ0) is 9.03. The maximum absolute atomic E-state index is 10.8. The molecule has 0 atom stereocenters. The third kappa shape index (κ3) is 2.48. The highest BCUT2D eigenvalue weighted by Gasteiger charge is 2.30. The number of hydrogen-bond donors (Lipinski definition) is 1. The largest absolute Gasteiger partial charge is 0.458 e. The number of ether oxygens (including phenoxy) is 1. The fourth-order valence-corrected chi connectivity index (χ4v) is 1.71. The van der Waals surface area contributed by atoms with Crippen molar-refractivity contribution in [2.75, 3.05) is 6.61 Å². The lowest BCUT2D eigenvalue weighted by molar-refractivity contribution is -0.164. The Balaban J connectivity index is 2.41. The molecule has 1 N–H and O–H groups in total. The summed E-state index contributed by atoms with van der Waals surface area (Å²) in [6.07, 6.45) is 5.33. The Hall–Kier alpha value is -0.570. The Morgan fingerprint density at radius 3 is 2.50 bits per heavy atom. The van der Waals surface area contributed by atoms with Crippen molar-refractivity contribution in [3.8, 4) is 0 Å². The van der Waals surface area contributed by atoms with E-state index < -0.39 is 12.6 Å². The van der Waals surface area contributed by atoms with E-state index in [9.17, 15) is 4.79 Å². The molecule has 0 unspecified atom stereocenters. The van der Waals surface area contributed by atoms with Gasteiger partial charge in [-0.2, -0.15) is 0 Å². The molecule has 3 heteroatoms. The molecule has 1 aliphatic rings. The molecule has 12 heavy (non-hydrogen) atoms. The summed E-state index contributed by atoms with van der Waals surface area (Å²) in [5.74, 6) is -0.501. The minimum Gasteiger partial charge on any atom is -0.458 e. The Labute approximate surface area is 72.7 Å². The summed E-state index contributed by atoms with van der Waals surface area (Å²) in [5.41, 5.74) is -0.307. The van der Waals surface area contributed by atoms with E-state index in [0.29, 0.717) is 0 Å². The van der Waals surface area contributed by atoms with Crippen LogP contribution in [0.5, 0.6) is 0 Å². The first-order valence-corrected chi connectivity index (χ1v) is 4.49. The van der Waals surface area contributed by atoms with Gasteiger partial charge < -0.3 is 9.84 Å². The van der Waals surface area contributed by atoms with E-state index in [4.69, 9.17) is 9.84 Å². The van der Waals surface area contributed by atoms with E-state index >= 15 is 0 Å². The second-order valence-corrected chi connectivity index (χ2v) is 3.64. The van der Waals surface area contributed by atoms with E-state index in [1.165, 1.54) is 6.42 Å². The Morgan fingerprint density at radius 2 is 2.00 bits per heavy atom. The number of aliphatic hydroxyl groups excluding tert-OH is 1. The minimum atomic E-state index is -0.504. The average Bonchev–Trinajstić information content (AvgIpc) is 2.05. The fourth-order valence-electron chi connectivity index (χ4n) is 1.71. The summed E-state index contributed by atoms with van der Waals surface area (Å²) in [4.78, 5) is 10.8. The molecule has 0 amide bonds. The van der Waals surface area contributed by atoms with Gasteiger partial charge in [0.2, 0.25) is 0 Å². The highest BCUT2D eigenvalue weighted by molar-refractivity contribution is 5.70. The van der Waals surface area contributed by atoms with E-state index in [-0.39, 0.29) is 5.60 Å². The topological polar surface area (TPSA) is 46.5 Å². The zero-order valence-electron chi connectivity index (χ0n) is 7.51. The molecule has 0 aliphatic heterocycles. The van der Waals surface area contributed by atoms with E-state index in [0.717, 1.165) is 25.7 Å². The molecule has 3 nitrogen and oxygen atoms in total. The van der Waals surface area contributed by atoms with Crippen LogP contribution >= 0.6 is 0 Å². The molecule has 0 aromatic heterocycles. The molecule has 0 heterocycles. The SMILES string of the molecule is CC1(OC(=O)CO)CCCCC1. The van der Waals surface area contributed by atoms with Crippen molar-refractivity contribution in [3.63, 3.8) is 0 Å². The maximum atomic E-state index is 10.8. The van der Waals surface area contributed by atoms with Gasteiger partial charge in [0.15, 0.2) is 0 Å². The molecule has 0 aromatic rings. The van der Waals surface area contributed by atoms with Crippen LogP contribution in [0.4, 0.5) is 0 Å². The van der Waals surface area contributed by atoms with Crippen LogP contribution in [-0.4, -0.2) is 23.3 Å². The van der Waals surface area contributed by atoms with Gasteiger partial charge in [-0.1, -0.05) is 6.42 Å². The lowest BCUT2D eigenvalue weighted by Gasteiger charge is -2.32. The Kier molecular flexibility index (Phi) is 3.09. The van der Waals surface area contributed by atoms with Crippen LogP contribution in [0.15, 0.2) is 0 Å². The molecule has 1 rings (SSSR count). The van der Waals surface area contributed by atoms with Crippen molar-refractivity contribution in [2.24, 2.45) is 0 Å². The minimum absolute atomic E-state index is 0.307. The number of carbonyl (C=O) groups is 1. The molecular formula is C9H16O3. The normalized spacial score (nSPS) is 21.8. The summed E-state index contributed by atoms with van der Waals surface area (Å²) in [7, 11) is 0. The molecular weight excluding hydrogens is 156 g/mol. The van der Waals surface area contributed by atoms with Crippen LogP contribution < -0.4 is 0 Å². The van der Waals surface area contributed by atoms with Crippen LogP contribution in [0, 0.1) is 0 Å². The van der Waals surface area contributed by atoms with Crippen LogP contribution in [0.1, 0.15) is 39.0 Å². The fraction of sp³-hybridized carbons (Fsp3) is 0.889. The van der Waals surface area contributed by atoms with Crippen LogP contribution in [0.2, 0.25) is 0 Å². The molecule has 0 saturated heterocycles. The monoisotopic (exact) mass is 172 g/mol. The van der Waals surface area contributed by atoms with Crippen molar-refractivity contribution in [1.29, 1.82) is 0 Å². The number of esters is 1. The van der Waals surface area contributed by atoms with Crippen molar-refractivity contribution < 1.29 is 14.6 Å². The van der Waals surface area contributed by atoms with E-state index in [2.05, 4.69) is 0 Å². The summed E-state index contributed by atoms with van der Waals surface area (Å²) in [6.45, 7) is 1.44. The predicted molar refractivity (Wildman–Crippen MR) is 44.7 cm³/mol. The molecule has 0 bridgehead atoms. The Morgan fingerprint density at radius 1 is 1.42 bits per heavy atom. The third-order valence-electron chi connectivity index (χ3n) is 2.40. The highest BCUT2D eigenvalue weighted by Crippen LogP contribution is 2.30. The number of carbonyl (C=O) groups excluding carboxylic acids is 1. The molecule has 70 valence electrons. The van der Waals surface area contributed by atoms with Crippen LogP contribution in [0.3, 0.4) is 0 Å². The number of aliphatic hydroxyl groups is 1.